The number of amides is 1. The molecule has 1 unspecified atom stereocenters. The van der Waals surface area contributed by atoms with Crippen molar-refractivity contribution in [2.45, 2.75) is 24.3 Å². The highest BCUT2D eigenvalue weighted by molar-refractivity contribution is 6.31. The average molecular weight is 368 g/mol. The first-order valence-corrected chi connectivity index (χ1v) is 8.44. The first kappa shape index (κ1) is 19.4. The van der Waals surface area contributed by atoms with Crippen LogP contribution in [0.2, 0.25) is 5.02 Å². The molecule has 7 heteroatoms. The Balaban J connectivity index is 2.25. The third-order valence-corrected chi connectivity index (χ3v) is 4.62. The lowest BCUT2D eigenvalue weighted by molar-refractivity contribution is -0.145. The van der Waals surface area contributed by atoms with Crippen LogP contribution in [0, 0.1) is 0 Å². The number of ether oxygens (including phenoxy) is 2. The van der Waals surface area contributed by atoms with E-state index >= 15 is 0 Å². The molecule has 0 aromatic heterocycles. The van der Waals surface area contributed by atoms with Crippen LogP contribution in [0.15, 0.2) is 36.9 Å². The van der Waals surface area contributed by atoms with Gasteiger partial charge in [0.1, 0.15) is 0 Å². The molecule has 2 N–H and O–H groups in total. The summed E-state index contributed by atoms with van der Waals surface area (Å²) in [6.07, 6.45) is 2.38. The second kappa shape index (κ2) is 8.99. The summed E-state index contributed by atoms with van der Waals surface area (Å²) in [7, 11) is 0. The molecule has 1 amide bonds. The van der Waals surface area contributed by atoms with Crippen LogP contribution in [0.4, 0.5) is 0 Å². The second-order valence-electron chi connectivity index (χ2n) is 5.86. The molecule has 1 fully saturated rings. The van der Waals surface area contributed by atoms with Crippen molar-refractivity contribution in [2.75, 3.05) is 26.4 Å². The van der Waals surface area contributed by atoms with Gasteiger partial charge in [-0.05, 0) is 24.5 Å². The Morgan fingerprint density at radius 1 is 1.40 bits per heavy atom. The fraction of sp³-hybridized carbons (Fsp3) is 0.444. The van der Waals surface area contributed by atoms with Crippen molar-refractivity contribution in [3.63, 3.8) is 0 Å². The maximum Gasteiger partial charge on any atom is 0.328 e. The number of carbonyl (C=O) groups excluding carboxylic acids is 1. The number of aliphatic carboxylic acids is 1. The Bertz CT molecular complexity index is 628. The van der Waals surface area contributed by atoms with Crippen molar-refractivity contribution < 1.29 is 24.2 Å². The molecule has 25 heavy (non-hydrogen) atoms. The van der Waals surface area contributed by atoms with Gasteiger partial charge in [0.15, 0.2) is 6.04 Å². The lowest BCUT2D eigenvalue weighted by Gasteiger charge is -2.37. The van der Waals surface area contributed by atoms with Crippen molar-refractivity contribution in [1.29, 1.82) is 0 Å². The molecule has 1 aromatic carbocycles. The van der Waals surface area contributed by atoms with Gasteiger partial charge in [0.05, 0.1) is 18.6 Å². The van der Waals surface area contributed by atoms with Gasteiger partial charge in [-0.25, -0.2) is 4.79 Å². The highest BCUT2D eigenvalue weighted by Gasteiger charge is 2.44. The van der Waals surface area contributed by atoms with E-state index in [-0.39, 0.29) is 19.1 Å². The Morgan fingerprint density at radius 3 is 2.68 bits per heavy atom. The normalized spacial score (nSPS) is 17.5. The smallest absolute Gasteiger partial charge is 0.328 e. The standard InChI is InChI=1S/C18H22ClNO5/c1-2-9-25-12-15(16(21)22)20-17(23)18(7-10-24-11-8-18)13-5-3-4-6-14(13)19/h2-6,15H,1,7-12H2,(H,20,23)(H,21,22). The summed E-state index contributed by atoms with van der Waals surface area (Å²) in [6.45, 7) is 4.40. The van der Waals surface area contributed by atoms with Crippen LogP contribution in [0.3, 0.4) is 0 Å². The van der Waals surface area contributed by atoms with Gasteiger partial charge in [-0.15, -0.1) is 6.58 Å². The van der Waals surface area contributed by atoms with Gasteiger partial charge >= 0.3 is 5.97 Å². The first-order valence-electron chi connectivity index (χ1n) is 8.06. The second-order valence-corrected chi connectivity index (χ2v) is 6.27. The zero-order valence-electron chi connectivity index (χ0n) is 13.9. The number of hydrogen-bond acceptors (Lipinski definition) is 4. The van der Waals surface area contributed by atoms with Crippen LogP contribution < -0.4 is 5.32 Å². The monoisotopic (exact) mass is 367 g/mol. The average Bonchev–Trinajstić information content (AvgIpc) is 2.61. The predicted octanol–water partition coefficient (Wildman–Crippen LogP) is 2.16. The summed E-state index contributed by atoms with van der Waals surface area (Å²) < 4.78 is 10.6. The van der Waals surface area contributed by atoms with E-state index in [0.29, 0.717) is 36.6 Å². The molecule has 0 bridgehead atoms. The zero-order chi connectivity index (χ0) is 18.3. The van der Waals surface area contributed by atoms with Crippen molar-refractivity contribution in [3.8, 4) is 0 Å². The third-order valence-electron chi connectivity index (χ3n) is 4.29. The number of carboxylic acids is 1. The fourth-order valence-corrected chi connectivity index (χ4v) is 3.24. The Kier molecular flexibility index (Phi) is 6.99. The molecular weight excluding hydrogens is 346 g/mol. The molecule has 0 saturated carbocycles. The Labute approximate surface area is 151 Å². The van der Waals surface area contributed by atoms with E-state index in [0.717, 1.165) is 0 Å². The number of carboxylic acid groups (broad SMARTS) is 1. The molecule has 6 nitrogen and oxygen atoms in total. The lowest BCUT2D eigenvalue weighted by atomic mass is 9.73. The zero-order valence-corrected chi connectivity index (χ0v) is 14.6. The van der Waals surface area contributed by atoms with Gasteiger partial charge in [0, 0.05) is 18.2 Å². The SMILES string of the molecule is C=CCOCC(NC(=O)C1(c2ccccc2Cl)CCOCC1)C(=O)O. The summed E-state index contributed by atoms with van der Waals surface area (Å²) in [5.74, 6) is -1.53. The number of nitrogens with one attached hydrogen (secondary N) is 1. The Hall–Kier alpha value is -1.89. The van der Waals surface area contributed by atoms with Crippen molar-refractivity contribution in [3.05, 3.63) is 47.5 Å². The number of hydrogen-bond donors (Lipinski definition) is 2. The third kappa shape index (κ3) is 4.60. The fourth-order valence-electron chi connectivity index (χ4n) is 2.93. The van der Waals surface area contributed by atoms with Gasteiger partial charge in [-0.3, -0.25) is 4.79 Å². The quantitative estimate of drug-likeness (QED) is 0.543. The molecular formula is C18H22ClNO5. The van der Waals surface area contributed by atoms with Gasteiger partial charge in [0.25, 0.3) is 0 Å². The molecule has 0 spiro atoms. The van der Waals surface area contributed by atoms with E-state index in [1.165, 1.54) is 6.08 Å². The minimum absolute atomic E-state index is 0.137. The lowest BCUT2D eigenvalue weighted by Crippen LogP contribution is -2.54. The van der Waals surface area contributed by atoms with Crippen LogP contribution in [0.1, 0.15) is 18.4 Å². The van der Waals surface area contributed by atoms with E-state index in [1.807, 2.05) is 6.07 Å². The molecule has 1 aromatic rings. The van der Waals surface area contributed by atoms with E-state index in [4.69, 9.17) is 21.1 Å². The molecule has 1 atom stereocenters. The molecule has 1 saturated heterocycles. The summed E-state index contributed by atoms with van der Waals surface area (Å²) in [5.41, 5.74) is -0.225. The van der Waals surface area contributed by atoms with E-state index in [9.17, 15) is 14.7 Å². The van der Waals surface area contributed by atoms with E-state index < -0.39 is 17.4 Å². The molecule has 0 aliphatic carbocycles. The topological polar surface area (TPSA) is 84.9 Å². The summed E-state index contributed by atoms with van der Waals surface area (Å²) >= 11 is 6.32. The van der Waals surface area contributed by atoms with Gasteiger partial charge in [0.2, 0.25) is 5.91 Å². The molecule has 136 valence electrons. The van der Waals surface area contributed by atoms with E-state index in [1.54, 1.807) is 18.2 Å². The maximum absolute atomic E-state index is 13.1. The number of rotatable bonds is 8. The highest BCUT2D eigenvalue weighted by atomic mass is 35.5. The van der Waals surface area contributed by atoms with Crippen LogP contribution in [-0.4, -0.2) is 49.5 Å². The molecule has 1 heterocycles. The molecule has 2 rings (SSSR count). The minimum Gasteiger partial charge on any atom is -0.480 e. The summed E-state index contributed by atoms with van der Waals surface area (Å²) in [6, 6.07) is 5.99. The van der Waals surface area contributed by atoms with Crippen LogP contribution in [-0.2, 0) is 24.5 Å². The molecule has 1 aliphatic heterocycles. The summed E-state index contributed by atoms with van der Waals surface area (Å²) in [4.78, 5) is 24.5. The highest BCUT2D eigenvalue weighted by Crippen LogP contribution is 2.39. The van der Waals surface area contributed by atoms with Gasteiger partial charge < -0.3 is 19.9 Å². The summed E-state index contributed by atoms with van der Waals surface area (Å²) in [5, 5.41) is 12.4. The minimum atomic E-state index is -1.15. The van der Waals surface area contributed by atoms with Crippen molar-refractivity contribution in [1.82, 2.24) is 5.32 Å². The predicted molar refractivity (Wildman–Crippen MR) is 93.8 cm³/mol. The largest absolute Gasteiger partial charge is 0.480 e. The number of carbonyl (C=O) groups is 2. The Morgan fingerprint density at radius 2 is 2.08 bits per heavy atom. The maximum atomic E-state index is 13.1. The van der Waals surface area contributed by atoms with E-state index in [2.05, 4.69) is 11.9 Å². The first-order chi connectivity index (χ1) is 12.0. The van der Waals surface area contributed by atoms with Crippen LogP contribution in [0.5, 0.6) is 0 Å². The van der Waals surface area contributed by atoms with Crippen molar-refractivity contribution in [2.24, 2.45) is 0 Å². The van der Waals surface area contributed by atoms with Crippen LogP contribution in [0.25, 0.3) is 0 Å². The molecule has 1 aliphatic rings. The van der Waals surface area contributed by atoms with Crippen LogP contribution >= 0.6 is 11.6 Å². The number of halogens is 1. The number of benzene rings is 1. The van der Waals surface area contributed by atoms with Crippen molar-refractivity contribution >= 4 is 23.5 Å². The van der Waals surface area contributed by atoms with Gasteiger partial charge in [-0.2, -0.15) is 0 Å². The molecule has 0 radical (unpaired) electrons. The van der Waals surface area contributed by atoms with Gasteiger partial charge in [-0.1, -0.05) is 35.9 Å².